The van der Waals surface area contributed by atoms with Crippen LogP contribution in [0.5, 0.6) is 0 Å². The molecule has 0 radical (unpaired) electrons. The Kier molecular flexibility index (Phi) is 4.90. The number of carbonyl (C=O) groups excluding carboxylic acids is 1. The van der Waals surface area contributed by atoms with Crippen LogP contribution in [-0.4, -0.2) is 22.0 Å². The maximum absolute atomic E-state index is 12.0. The van der Waals surface area contributed by atoms with Crippen LogP contribution in [0.15, 0.2) is 48.7 Å². The van der Waals surface area contributed by atoms with Gasteiger partial charge in [-0.2, -0.15) is 0 Å². The standard InChI is InChI=1S/C15H13ClN2O3/c16-12-7-2-1-6-11(12)14(15(20)21)18-13(19)9-10-5-3-4-8-17-10/h1-8,14H,9H2,(H,18,19)(H,20,21)/t14-/m1/s1. The third kappa shape index (κ3) is 4.03. The first kappa shape index (κ1) is 15.0. The van der Waals surface area contributed by atoms with Gasteiger partial charge in [0.2, 0.25) is 5.91 Å². The van der Waals surface area contributed by atoms with Crippen LogP contribution in [0.2, 0.25) is 5.02 Å². The van der Waals surface area contributed by atoms with E-state index in [2.05, 4.69) is 10.3 Å². The highest BCUT2D eigenvalue weighted by atomic mass is 35.5. The molecule has 0 bridgehead atoms. The predicted molar refractivity (Wildman–Crippen MR) is 77.9 cm³/mol. The van der Waals surface area contributed by atoms with E-state index in [0.717, 1.165) is 0 Å². The Balaban J connectivity index is 2.12. The number of amides is 1. The number of hydrogen-bond donors (Lipinski definition) is 2. The second-order valence-electron chi connectivity index (χ2n) is 4.36. The molecule has 0 aliphatic heterocycles. The summed E-state index contributed by atoms with van der Waals surface area (Å²) in [7, 11) is 0. The zero-order chi connectivity index (χ0) is 15.2. The van der Waals surface area contributed by atoms with E-state index in [0.29, 0.717) is 16.3 Å². The molecule has 0 unspecified atom stereocenters. The van der Waals surface area contributed by atoms with Gasteiger partial charge in [0.05, 0.1) is 6.42 Å². The number of aliphatic carboxylic acids is 1. The number of aromatic nitrogens is 1. The minimum absolute atomic E-state index is 0.00900. The summed E-state index contributed by atoms with van der Waals surface area (Å²) in [5.41, 5.74) is 0.916. The molecule has 6 heteroatoms. The fourth-order valence-corrected chi connectivity index (χ4v) is 2.11. The largest absolute Gasteiger partial charge is 0.479 e. The Morgan fingerprint density at radius 3 is 2.52 bits per heavy atom. The molecule has 0 aliphatic rings. The van der Waals surface area contributed by atoms with E-state index < -0.39 is 17.9 Å². The number of nitrogens with one attached hydrogen (secondary N) is 1. The van der Waals surface area contributed by atoms with Crippen molar-refractivity contribution in [2.24, 2.45) is 0 Å². The molecular weight excluding hydrogens is 292 g/mol. The van der Waals surface area contributed by atoms with Gasteiger partial charge in [0.1, 0.15) is 0 Å². The number of benzene rings is 1. The molecule has 1 heterocycles. The number of carboxylic acid groups (broad SMARTS) is 1. The van der Waals surface area contributed by atoms with Crippen molar-refractivity contribution in [2.75, 3.05) is 0 Å². The third-order valence-electron chi connectivity index (χ3n) is 2.84. The first-order valence-electron chi connectivity index (χ1n) is 6.24. The monoisotopic (exact) mass is 304 g/mol. The Labute approximate surface area is 126 Å². The molecule has 1 aromatic carbocycles. The van der Waals surface area contributed by atoms with Gasteiger partial charge in [0, 0.05) is 22.5 Å². The summed E-state index contributed by atoms with van der Waals surface area (Å²) in [6.45, 7) is 0. The van der Waals surface area contributed by atoms with Crippen LogP contribution in [0, 0.1) is 0 Å². The normalized spacial score (nSPS) is 11.7. The van der Waals surface area contributed by atoms with Crippen molar-refractivity contribution in [3.05, 3.63) is 64.9 Å². The Morgan fingerprint density at radius 1 is 1.19 bits per heavy atom. The SMILES string of the molecule is O=C(Cc1ccccn1)N[C@@H](C(=O)O)c1ccccc1Cl. The summed E-state index contributed by atoms with van der Waals surface area (Å²) in [6, 6.07) is 10.5. The van der Waals surface area contributed by atoms with E-state index in [4.69, 9.17) is 11.6 Å². The van der Waals surface area contributed by atoms with Crippen LogP contribution in [0.4, 0.5) is 0 Å². The number of carbonyl (C=O) groups is 2. The van der Waals surface area contributed by atoms with Crippen LogP contribution >= 0.6 is 11.6 Å². The minimum atomic E-state index is -1.19. The number of rotatable bonds is 5. The molecule has 5 nitrogen and oxygen atoms in total. The first-order chi connectivity index (χ1) is 10.1. The summed E-state index contributed by atoms with van der Waals surface area (Å²) < 4.78 is 0. The van der Waals surface area contributed by atoms with E-state index in [1.165, 1.54) is 0 Å². The Bertz CT molecular complexity index is 646. The molecule has 1 atom stereocenters. The number of halogens is 1. The molecule has 108 valence electrons. The summed E-state index contributed by atoms with van der Waals surface area (Å²) in [5.74, 6) is -1.60. The molecule has 21 heavy (non-hydrogen) atoms. The molecule has 0 spiro atoms. The maximum atomic E-state index is 12.0. The van der Waals surface area contributed by atoms with Crippen LogP contribution in [0.25, 0.3) is 0 Å². The molecule has 0 fully saturated rings. The molecule has 0 aliphatic carbocycles. The molecule has 1 amide bonds. The van der Waals surface area contributed by atoms with Crippen molar-refractivity contribution in [2.45, 2.75) is 12.5 Å². The van der Waals surface area contributed by atoms with E-state index in [-0.39, 0.29) is 6.42 Å². The second kappa shape index (κ2) is 6.85. The lowest BCUT2D eigenvalue weighted by molar-refractivity contribution is -0.142. The zero-order valence-corrected chi connectivity index (χ0v) is 11.7. The third-order valence-corrected chi connectivity index (χ3v) is 3.18. The van der Waals surface area contributed by atoms with Crippen molar-refractivity contribution in [1.29, 1.82) is 0 Å². The maximum Gasteiger partial charge on any atom is 0.330 e. The lowest BCUT2D eigenvalue weighted by Crippen LogP contribution is -2.35. The number of nitrogens with zero attached hydrogens (tertiary/aromatic N) is 1. The topological polar surface area (TPSA) is 79.3 Å². The number of pyridine rings is 1. The lowest BCUT2D eigenvalue weighted by Gasteiger charge is -2.16. The van der Waals surface area contributed by atoms with Crippen molar-refractivity contribution >= 4 is 23.5 Å². The molecule has 2 aromatic rings. The van der Waals surface area contributed by atoms with Crippen molar-refractivity contribution in [1.82, 2.24) is 10.3 Å². The fourth-order valence-electron chi connectivity index (χ4n) is 1.86. The second-order valence-corrected chi connectivity index (χ2v) is 4.77. The van der Waals surface area contributed by atoms with Gasteiger partial charge in [0.15, 0.2) is 6.04 Å². The smallest absolute Gasteiger partial charge is 0.330 e. The molecule has 2 rings (SSSR count). The average Bonchev–Trinajstić information content (AvgIpc) is 2.46. The van der Waals surface area contributed by atoms with Crippen LogP contribution in [0.3, 0.4) is 0 Å². The molecular formula is C15H13ClN2O3. The van der Waals surface area contributed by atoms with E-state index in [9.17, 15) is 14.7 Å². The zero-order valence-electron chi connectivity index (χ0n) is 11.0. The van der Waals surface area contributed by atoms with Crippen molar-refractivity contribution < 1.29 is 14.7 Å². The van der Waals surface area contributed by atoms with Crippen molar-refractivity contribution in [3.8, 4) is 0 Å². The average molecular weight is 305 g/mol. The van der Waals surface area contributed by atoms with Gasteiger partial charge in [-0.25, -0.2) is 4.79 Å². The number of carboxylic acids is 1. The Morgan fingerprint density at radius 2 is 1.90 bits per heavy atom. The van der Waals surface area contributed by atoms with E-state index in [1.807, 2.05) is 0 Å². The summed E-state index contributed by atoms with van der Waals surface area (Å²) in [4.78, 5) is 27.3. The van der Waals surface area contributed by atoms with Gasteiger partial charge in [-0.3, -0.25) is 9.78 Å². The highest BCUT2D eigenvalue weighted by molar-refractivity contribution is 6.31. The summed E-state index contributed by atoms with van der Waals surface area (Å²) >= 11 is 5.98. The lowest BCUT2D eigenvalue weighted by atomic mass is 10.1. The van der Waals surface area contributed by atoms with Gasteiger partial charge in [-0.05, 0) is 18.2 Å². The molecule has 2 N–H and O–H groups in total. The van der Waals surface area contributed by atoms with Gasteiger partial charge in [-0.15, -0.1) is 0 Å². The Hall–Kier alpha value is -2.40. The van der Waals surface area contributed by atoms with E-state index in [1.54, 1.807) is 48.7 Å². The number of hydrogen-bond acceptors (Lipinski definition) is 3. The van der Waals surface area contributed by atoms with Gasteiger partial charge >= 0.3 is 5.97 Å². The van der Waals surface area contributed by atoms with Crippen molar-refractivity contribution in [3.63, 3.8) is 0 Å². The highest BCUT2D eigenvalue weighted by Crippen LogP contribution is 2.22. The molecule has 0 saturated heterocycles. The van der Waals surface area contributed by atoms with Gasteiger partial charge in [-0.1, -0.05) is 35.9 Å². The summed E-state index contributed by atoms with van der Waals surface area (Å²) in [5, 5.41) is 12.0. The fraction of sp³-hybridized carbons (Fsp3) is 0.133. The van der Waals surface area contributed by atoms with Gasteiger partial charge < -0.3 is 10.4 Å². The van der Waals surface area contributed by atoms with Crippen LogP contribution in [0.1, 0.15) is 17.3 Å². The quantitative estimate of drug-likeness (QED) is 0.887. The van der Waals surface area contributed by atoms with Gasteiger partial charge in [0.25, 0.3) is 0 Å². The predicted octanol–water partition coefficient (Wildman–Crippen LogP) is 2.22. The highest BCUT2D eigenvalue weighted by Gasteiger charge is 2.24. The minimum Gasteiger partial charge on any atom is -0.479 e. The summed E-state index contributed by atoms with van der Waals surface area (Å²) in [6.07, 6.45) is 1.58. The van der Waals surface area contributed by atoms with E-state index >= 15 is 0 Å². The first-order valence-corrected chi connectivity index (χ1v) is 6.62. The van der Waals surface area contributed by atoms with Crippen LogP contribution < -0.4 is 5.32 Å². The molecule has 1 aromatic heterocycles. The molecule has 0 saturated carbocycles. The van der Waals surface area contributed by atoms with Crippen LogP contribution in [-0.2, 0) is 16.0 Å².